The molecule has 0 saturated carbocycles. The van der Waals surface area contributed by atoms with Gasteiger partial charge in [-0.25, -0.2) is 22.8 Å². The quantitative estimate of drug-likeness (QED) is 0.289. The first-order valence-electron chi connectivity index (χ1n) is 15.6. The molecule has 0 unspecified atom stereocenters. The molecule has 3 aromatic rings. The highest BCUT2D eigenvalue weighted by Gasteiger charge is 2.41. The average molecular weight is 654 g/mol. The maximum absolute atomic E-state index is 14.0. The Hall–Kier alpha value is -2.77. The SMILES string of the molecule is C[C@@H]1CN(c2nc(-n3ccc([Si](C)(C)CCC(C)(C)C)n3)c([Si](C)(C)C)cc2C(=O)NS(=O)(=O)c2ccccc2)C(C)(C)C1. The molecule has 11 heteroatoms. The van der Waals surface area contributed by atoms with E-state index in [0.717, 1.165) is 35.2 Å². The number of nitrogens with one attached hydrogen (secondary N) is 1. The number of hydrogen-bond donors (Lipinski definition) is 1. The second-order valence-corrected chi connectivity index (χ2v) is 27.6. The summed E-state index contributed by atoms with van der Waals surface area (Å²) >= 11 is 0. The molecule has 44 heavy (non-hydrogen) atoms. The standard InChI is InChI=1S/C33H51N5O3SSi2/c1-24-22-33(5,6)37(23-24)29-26(31(39)36-42(40,41)25-15-13-12-14-16-25)21-27(43(7,8)9)30(34-29)38-19-17-28(35-38)44(10,11)20-18-32(2,3)4/h12-17,19,21,24H,18,20,22-23H2,1-11H3,(H,36,39)/t24-/m0/s1. The number of benzene rings is 1. The largest absolute Gasteiger partial charge is 0.350 e. The topological polar surface area (TPSA) is 97.2 Å². The first kappa shape index (κ1) is 34.1. The Morgan fingerprint density at radius 2 is 1.68 bits per heavy atom. The van der Waals surface area contributed by atoms with E-state index in [4.69, 9.17) is 10.1 Å². The number of pyridine rings is 1. The van der Waals surface area contributed by atoms with Crippen molar-refractivity contribution in [3.05, 3.63) is 54.2 Å². The van der Waals surface area contributed by atoms with E-state index in [-0.39, 0.29) is 21.4 Å². The van der Waals surface area contributed by atoms with Crippen LogP contribution in [0.3, 0.4) is 0 Å². The van der Waals surface area contributed by atoms with Crippen LogP contribution >= 0.6 is 0 Å². The molecule has 1 aliphatic heterocycles. The fourth-order valence-corrected chi connectivity index (χ4v) is 10.9. The third-order valence-electron chi connectivity index (χ3n) is 8.64. The second-order valence-electron chi connectivity index (χ2n) is 16.1. The summed E-state index contributed by atoms with van der Waals surface area (Å²) in [6.45, 7) is 25.5. The molecule has 0 bridgehead atoms. The van der Waals surface area contributed by atoms with Gasteiger partial charge < -0.3 is 4.90 Å². The van der Waals surface area contributed by atoms with Gasteiger partial charge in [0.05, 0.1) is 18.5 Å². The molecule has 1 aliphatic rings. The van der Waals surface area contributed by atoms with Crippen LogP contribution in [-0.4, -0.2) is 57.3 Å². The Balaban J connectivity index is 1.87. The zero-order chi connectivity index (χ0) is 32.9. The van der Waals surface area contributed by atoms with E-state index in [2.05, 4.69) is 90.0 Å². The molecule has 0 aliphatic carbocycles. The van der Waals surface area contributed by atoms with Crippen molar-refractivity contribution in [1.82, 2.24) is 19.5 Å². The Labute approximate surface area is 266 Å². The van der Waals surface area contributed by atoms with Crippen molar-refractivity contribution in [2.75, 3.05) is 11.4 Å². The first-order valence-corrected chi connectivity index (χ1v) is 23.8. The third-order valence-corrected chi connectivity index (χ3v) is 15.1. The summed E-state index contributed by atoms with van der Waals surface area (Å²) in [7, 11) is -8.00. The van der Waals surface area contributed by atoms with Crippen LogP contribution in [0.1, 0.15) is 64.7 Å². The zero-order valence-corrected chi connectivity index (χ0v) is 31.3. The number of nitrogens with zero attached hydrogens (tertiary/aromatic N) is 4. The molecular formula is C33H51N5O3SSi2. The lowest BCUT2D eigenvalue weighted by Gasteiger charge is -2.35. The minimum atomic E-state index is -4.07. The predicted molar refractivity (Wildman–Crippen MR) is 187 cm³/mol. The molecular weight excluding hydrogens is 603 g/mol. The lowest BCUT2D eigenvalue weighted by molar-refractivity contribution is 0.0981. The van der Waals surface area contributed by atoms with E-state index in [0.29, 0.717) is 18.3 Å². The number of amides is 1. The van der Waals surface area contributed by atoms with Gasteiger partial charge in [0, 0.05) is 23.6 Å². The molecule has 4 rings (SSSR count). The number of carbonyl (C=O) groups excluding carboxylic acids is 1. The lowest BCUT2D eigenvalue weighted by atomic mass is 9.94. The zero-order valence-electron chi connectivity index (χ0n) is 28.4. The molecule has 1 saturated heterocycles. The Morgan fingerprint density at radius 1 is 1.05 bits per heavy atom. The number of anilines is 1. The second kappa shape index (κ2) is 11.9. The lowest BCUT2D eigenvalue weighted by Crippen LogP contribution is -2.46. The summed E-state index contributed by atoms with van der Waals surface area (Å²) in [5.74, 6) is 0.943. The summed E-state index contributed by atoms with van der Waals surface area (Å²) < 4.78 is 30.7. The van der Waals surface area contributed by atoms with Crippen LogP contribution in [0.5, 0.6) is 0 Å². The molecule has 8 nitrogen and oxygen atoms in total. The predicted octanol–water partition coefficient (Wildman–Crippen LogP) is 5.91. The van der Waals surface area contributed by atoms with Crippen LogP contribution in [-0.2, 0) is 10.0 Å². The van der Waals surface area contributed by atoms with E-state index >= 15 is 0 Å². The first-order chi connectivity index (χ1) is 20.1. The van der Waals surface area contributed by atoms with Gasteiger partial charge in [-0.05, 0) is 61.1 Å². The van der Waals surface area contributed by atoms with Crippen LogP contribution < -0.4 is 20.1 Å². The summed E-state index contributed by atoms with van der Waals surface area (Å²) in [4.78, 5) is 21.4. The molecule has 0 radical (unpaired) electrons. The van der Waals surface area contributed by atoms with Crippen LogP contribution in [0.2, 0.25) is 38.8 Å². The molecule has 0 spiro atoms. The Bertz CT molecular complexity index is 1620. The number of sulfonamides is 1. The fraction of sp³-hybridized carbons (Fsp3) is 0.545. The van der Waals surface area contributed by atoms with Crippen molar-refractivity contribution in [1.29, 1.82) is 0 Å². The highest BCUT2D eigenvalue weighted by molar-refractivity contribution is 7.90. The molecule has 3 heterocycles. The summed E-state index contributed by atoms with van der Waals surface area (Å²) in [5.41, 5.74) is 0.271. The molecule has 1 N–H and O–H groups in total. The van der Waals surface area contributed by atoms with Crippen molar-refractivity contribution in [2.45, 2.75) is 104 Å². The minimum Gasteiger partial charge on any atom is -0.350 e. The van der Waals surface area contributed by atoms with Crippen molar-refractivity contribution in [2.24, 2.45) is 11.3 Å². The van der Waals surface area contributed by atoms with Crippen LogP contribution in [0.15, 0.2) is 53.6 Å². The fourth-order valence-electron chi connectivity index (χ4n) is 6.01. The van der Waals surface area contributed by atoms with Crippen molar-refractivity contribution >= 4 is 48.4 Å². The van der Waals surface area contributed by atoms with Crippen LogP contribution in [0.25, 0.3) is 5.82 Å². The Morgan fingerprint density at radius 3 is 2.23 bits per heavy atom. The van der Waals surface area contributed by atoms with Gasteiger partial charge in [-0.1, -0.05) is 91.1 Å². The average Bonchev–Trinajstić information content (AvgIpc) is 3.50. The summed E-state index contributed by atoms with van der Waals surface area (Å²) in [6, 6.07) is 13.2. The molecule has 1 fully saturated rings. The normalized spacial score (nSPS) is 17.6. The van der Waals surface area contributed by atoms with Gasteiger partial charge in [0.25, 0.3) is 15.9 Å². The molecule has 1 atom stereocenters. The van der Waals surface area contributed by atoms with E-state index in [9.17, 15) is 13.2 Å². The number of aromatic nitrogens is 3. The minimum absolute atomic E-state index is 0.0438. The maximum atomic E-state index is 14.0. The van der Waals surface area contributed by atoms with Crippen molar-refractivity contribution < 1.29 is 13.2 Å². The molecule has 240 valence electrons. The van der Waals surface area contributed by atoms with Crippen molar-refractivity contribution in [3.63, 3.8) is 0 Å². The number of carbonyl (C=O) groups is 1. The van der Waals surface area contributed by atoms with Gasteiger partial charge in [0.1, 0.15) is 13.9 Å². The monoisotopic (exact) mass is 653 g/mol. The van der Waals surface area contributed by atoms with Gasteiger partial charge >= 0.3 is 0 Å². The Kier molecular flexibility index (Phi) is 9.20. The van der Waals surface area contributed by atoms with Crippen LogP contribution in [0.4, 0.5) is 5.82 Å². The smallest absolute Gasteiger partial charge is 0.268 e. The summed E-state index contributed by atoms with van der Waals surface area (Å²) in [5, 5.41) is 7.24. The van der Waals surface area contributed by atoms with Gasteiger partial charge in [0.2, 0.25) is 0 Å². The van der Waals surface area contributed by atoms with Crippen molar-refractivity contribution in [3.8, 4) is 5.82 Å². The summed E-state index contributed by atoms with van der Waals surface area (Å²) in [6.07, 6.45) is 4.08. The number of hydrogen-bond acceptors (Lipinski definition) is 6. The van der Waals surface area contributed by atoms with Gasteiger partial charge in [0.15, 0.2) is 5.82 Å². The molecule has 1 amide bonds. The van der Waals surface area contributed by atoms with Gasteiger partial charge in [-0.3, -0.25) is 4.79 Å². The number of rotatable bonds is 9. The molecule has 2 aromatic heterocycles. The van der Waals surface area contributed by atoms with Gasteiger partial charge in [-0.15, -0.1) is 0 Å². The van der Waals surface area contributed by atoms with Crippen LogP contribution in [0, 0.1) is 11.3 Å². The third kappa shape index (κ3) is 7.54. The van der Waals surface area contributed by atoms with E-state index in [1.54, 1.807) is 18.2 Å². The van der Waals surface area contributed by atoms with Gasteiger partial charge in [-0.2, -0.15) is 5.10 Å². The highest BCUT2D eigenvalue weighted by atomic mass is 32.2. The molecule has 1 aromatic carbocycles. The van der Waals surface area contributed by atoms with E-state index < -0.39 is 32.1 Å². The van der Waals surface area contributed by atoms with E-state index in [1.165, 1.54) is 12.1 Å². The highest BCUT2D eigenvalue weighted by Crippen LogP contribution is 2.38. The maximum Gasteiger partial charge on any atom is 0.268 e. The van der Waals surface area contributed by atoms with E-state index in [1.807, 2.05) is 16.9 Å².